The first-order chi connectivity index (χ1) is 11.9. The van der Waals surface area contributed by atoms with E-state index in [4.69, 9.17) is 11.6 Å². The fourth-order valence-electron chi connectivity index (χ4n) is 2.49. The summed E-state index contributed by atoms with van der Waals surface area (Å²) in [5, 5.41) is 9.41. The van der Waals surface area contributed by atoms with Crippen LogP contribution in [0.4, 0.5) is 5.13 Å². The first-order valence-corrected chi connectivity index (χ1v) is 8.70. The molecule has 0 bridgehead atoms. The average Bonchev–Trinajstić information content (AvgIpc) is 3.12. The number of ketones is 1. The maximum atomic E-state index is 12.4. The van der Waals surface area contributed by atoms with E-state index in [1.165, 1.54) is 11.3 Å². The number of carbonyl (C=O) groups excluding carboxylic acids is 2. The molecule has 2 heterocycles. The van der Waals surface area contributed by atoms with Gasteiger partial charge in [0.15, 0.2) is 5.13 Å². The number of aryl methyl sites for hydroxylation is 2. The van der Waals surface area contributed by atoms with Crippen molar-refractivity contribution in [3.63, 3.8) is 0 Å². The van der Waals surface area contributed by atoms with Gasteiger partial charge in [0.25, 0.3) is 11.7 Å². The van der Waals surface area contributed by atoms with Gasteiger partial charge in [-0.3, -0.25) is 19.6 Å². The molecule has 0 unspecified atom stereocenters. The Morgan fingerprint density at radius 3 is 2.60 bits per heavy atom. The summed E-state index contributed by atoms with van der Waals surface area (Å²) in [4.78, 5) is 29.0. The highest BCUT2D eigenvalue weighted by molar-refractivity contribution is 7.14. The van der Waals surface area contributed by atoms with Crippen LogP contribution in [-0.2, 0) is 11.8 Å². The number of nitrogens with one attached hydrogen (secondary N) is 1. The van der Waals surface area contributed by atoms with Crippen molar-refractivity contribution >= 4 is 39.8 Å². The van der Waals surface area contributed by atoms with E-state index in [-0.39, 0.29) is 0 Å². The molecule has 0 radical (unpaired) electrons. The van der Waals surface area contributed by atoms with Crippen molar-refractivity contribution in [3.05, 3.63) is 51.6 Å². The van der Waals surface area contributed by atoms with Gasteiger partial charge in [-0.05, 0) is 19.9 Å². The lowest BCUT2D eigenvalue weighted by molar-refractivity contribution is -0.112. The lowest BCUT2D eigenvalue weighted by atomic mass is 10.1. The summed E-state index contributed by atoms with van der Waals surface area (Å²) < 4.78 is 1.58. The van der Waals surface area contributed by atoms with Crippen LogP contribution in [0.25, 0.3) is 11.3 Å². The summed E-state index contributed by atoms with van der Waals surface area (Å²) in [5.74, 6) is -1.36. The third-order valence-electron chi connectivity index (χ3n) is 3.82. The molecule has 2 aromatic heterocycles. The zero-order valence-electron chi connectivity index (χ0n) is 13.8. The summed E-state index contributed by atoms with van der Waals surface area (Å²) >= 11 is 7.39. The summed E-state index contributed by atoms with van der Waals surface area (Å²) in [5.41, 5.74) is 2.91. The molecule has 3 rings (SSSR count). The van der Waals surface area contributed by atoms with E-state index < -0.39 is 11.7 Å². The standard InChI is InChI=1S/C17H15ClN4O2S/c1-9-14(10(2)22(3)21-9)15(23)16(24)20-17-19-13(8-25-17)11-6-4-5-7-12(11)18/h4-8H,1-3H3,(H,19,20,24). The number of Topliss-reactive ketones (excluding diaryl/α,β-unsaturated/α-hetero) is 1. The Balaban J connectivity index is 1.80. The van der Waals surface area contributed by atoms with Crippen LogP contribution in [0.1, 0.15) is 21.7 Å². The van der Waals surface area contributed by atoms with Crippen LogP contribution in [0.2, 0.25) is 5.02 Å². The largest absolute Gasteiger partial charge is 0.298 e. The van der Waals surface area contributed by atoms with Gasteiger partial charge in [-0.2, -0.15) is 5.10 Å². The maximum absolute atomic E-state index is 12.4. The highest BCUT2D eigenvalue weighted by Crippen LogP contribution is 2.30. The van der Waals surface area contributed by atoms with Crippen molar-refractivity contribution in [1.29, 1.82) is 0 Å². The second-order valence-electron chi connectivity index (χ2n) is 5.47. The normalized spacial score (nSPS) is 10.7. The minimum atomic E-state index is -0.737. The van der Waals surface area contributed by atoms with E-state index in [0.29, 0.717) is 32.8 Å². The highest BCUT2D eigenvalue weighted by atomic mass is 35.5. The van der Waals surface area contributed by atoms with Crippen molar-refractivity contribution in [2.24, 2.45) is 7.05 Å². The average molecular weight is 375 g/mol. The van der Waals surface area contributed by atoms with Gasteiger partial charge >= 0.3 is 0 Å². The number of amides is 1. The van der Waals surface area contributed by atoms with E-state index in [2.05, 4.69) is 15.4 Å². The molecule has 0 saturated carbocycles. The molecule has 6 nitrogen and oxygen atoms in total. The van der Waals surface area contributed by atoms with Crippen LogP contribution in [0.15, 0.2) is 29.6 Å². The van der Waals surface area contributed by atoms with Crippen LogP contribution in [0.5, 0.6) is 0 Å². The molecule has 0 fully saturated rings. The molecule has 0 aliphatic carbocycles. The molecule has 3 aromatic rings. The third-order valence-corrected chi connectivity index (χ3v) is 4.90. The minimum Gasteiger partial charge on any atom is -0.295 e. The van der Waals surface area contributed by atoms with E-state index in [1.54, 1.807) is 37.0 Å². The number of hydrogen-bond donors (Lipinski definition) is 1. The van der Waals surface area contributed by atoms with Crippen LogP contribution in [-0.4, -0.2) is 26.5 Å². The first-order valence-electron chi connectivity index (χ1n) is 7.44. The van der Waals surface area contributed by atoms with E-state index in [0.717, 1.165) is 5.56 Å². The second-order valence-corrected chi connectivity index (χ2v) is 6.74. The van der Waals surface area contributed by atoms with Crippen molar-refractivity contribution in [2.75, 3.05) is 5.32 Å². The minimum absolute atomic E-state index is 0.322. The molecule has 0 aliphatic rings. The second kappa shape index (κ2) is 6.78. The van der Waals surface area contributed by atoms with Gasteiger partial charge in [-0.25, -0.2) is 4.98 Å². The number of rotatable bonds is 4. The molecule has 1 N–H and O–H groups in total. The van der Waals surface area contributed by atoms with Gasteiger partial charge in [-0.1, -0.05) is 29.8 Å². The molecule has 0 saturated heterocycles. The molecule has 0 aliphatic heterocycles. The number of anilines is 1. The van der Waals surface area contributed by atoms with Crippen molar-refractivity contribution in [1.82, 2.24) is 14.8 Å². The number of nitrogens with zero attached hydrogens (tertiary/aromatic N) is 3. The SMILES string of the molecule is Cc1nn(C)c(C)c1C(=O)C(=O)Nc1nc(-c2ccccc2Cl)cs1. The van der Waals surface area contributed by atoms with Gasteiger partial charge in [0.05, 0.1) is 17.0 Å². The number of halogens is 1. The molecule has 25 heavy (non-hydrogen) atoms. The van der Waals surface area contributed by atoms with E-state index in [1.807, 2.05) is 18.2 Å². The summed E-state index contributed by atoms with van der Waals surface area (Å²) in [7, 11) is 1.73. The highest BCUT2D eigenvalue weighted by Gasteiger charge is 2.24. The topological polar surface area (TPSA) is 76.9 Å². The maximum Gasteiger partial charge on any atom is 0.298 e. The van der Waals surface area contributed by atoms with Crippen LogP contribution >= 0.6 is 22.9 Å². The zero-order chi connectivity index (χ0) is 18.1. The Hall–Kier alpha value is -2.51. The number of hydrogen-bond acceptors (Lipinski definition) is 5. The van der Waals surface area contributed by atoms with Crippen molar-refractivity contribution in [3.8, 4) is 11.3 Å². The van der Waals surface area contributed by atoms with Crippen LogP contribution in [0, 0.1) is 13.8 Å². The molecule has 128 valence electrons. The summed E-state index contributed by atoms with van der Waals surface area (Å²) in [6.07, 6.45) is 0. The fraction of sp³-hybridized carbons (Fsp3) is 0.176. The van der Waals surface area contributed by atoms with Gasteiger partial charge in [0.1, 0.15) is 0 Å². The Labute approximate surface area is 153 Å². The third kappa shape index (κ3) is 3.33. The van der Waals surface area contributed by atoms with Gasteiger partial charge in [-0.15, -0.1) is 11.3 Å². The Morgan fingerprint density at radius 1 is 1.24 bits per heavy atom. The van der Waals surface area contributed by atoms with Crippen molar-refractivity contribution in [2.45, 2.75) is 13.8 Å². The molecule has 1 aromatic carbocycles. The fourth-order valence-corrected chi connectivity index (χ4v) is 3.43. The number of carbonyl (C=O) groups is 2. The summed E-state index contributed by atoms with van der Waals surface area (Å²) in [6, 6.07) is 7.30. The molecule has 0 spiro atoms. The van der Waals surface area contributed by atoms with E-state index in [9.17, 15) is 9.59 Å². The van der Waals surface area contributed by atoms with Gasteiger partial charge in [0.2, 0.25) is 0 Å². The Morgan fingerprint density at radius 2 is 1.96 bits per heavy atom. The zero-order valence-corrected chi connectivity index (χ0v) is 15.4. The molecule has 1 amide bonds. The lowest BCUT2D eigenvalue weighted by Gasteiger charge is -2.02. The molecule has 0 atom stereocenters. The Bertz CT molecular complexity index is 977. The first kappa shape index (κ1) is 17.3. The lowest BCUT2D eigenvalue weighted by Crippen LogP contribution is -2.23. The predicted octanol–water partition coefficient (Wildman–Crippen LogP) is 3.64. The molecule has 8 heteroatoms. The number of aromatic nitrogens is 3. The van der Waals surface area contributed by atoms with E-state index >= 15 is 0 Å². The van der Waals surface area contributed by atoms with Gasteiger partial charge in [0, 0.05) is 28.7 Å². The summed E-state index contributed by atoms with van der Waals surface area (Å²) in [6.45, 7) is 3.45. The smallest absolute Gasteiger partial charge is 0.295 e. The van der Waals surface area contributed by atoms with Crippen LogP contribution < -0.4 is 5.32 Å². The molecular weight excluding hydrogens is 360 g/mol. The van der Waals surface area contributed by atoms with Crippen molar-refractivity contribution < 1.29 is 9.59 Å². The predicted molar refractivity (Wildman–Crippen MR) is 98.2 cm³/mol. The van der Waals surface area contributed by atoms with Gasteiger partial charge < -0.3 is 0 Å². The molecular formula is C17H15ClN4O2S. The Kier molecular flexibility index (Phi) is 4.69. The number of thiazole rings is 1. The van der Waals surface area contributed by atoms with Crippen LogP contribution in [0.3, 0.4) is 0 Å². The quantitative estimate of drug-likeness (QED) is 0.558. The number of benzene rings is 1. The monoisotopic (exact) mass is 374 g/mol.